The third-order valence-corrected chi connectivity index (χ3v) is 4.89. The van der Waals surface area contributed by atoms with Gasteiger partial charge in [0.15, 0.2) is 0 Å². The molecule has 0 aliphatic carbocycles. The van der Waals surface area contributed by atoms with Crippen molar-refractivity contribution in [3.8, 4) is 11.4 Å². The Morgan fingerprint density at radius 2 is 2.03 bits per heavy atom. The van der Waals surface area contributed by atoms with Crippen LogP contribution >= 0.6 is 0 Å². The summed E-state index contributed by atoms with van der Waals surface area (Å²) in [5, 5.41) is 6.49. The van der Waals surface area contributed by atoms with Gasteiger partial charge in [-0.1, -0.05) is 0 Å². The topological polar surface area (TPSA) is 94.0 Å². The molecule has 1 fully saturated rings. The van der Waals surface area contributed by atoms with Crippen LogP contribution in [0.25, 0.3) is 5.69 Å². The highest BCUT2D eigenvalue weighted by Crippen LogP contribution is 2.21. The number of hydrogen-bond acceptors (Lipinski definition) is 5. The van der Waals surface area contributed by atoms with E-state index >= 15 is 0 Å². The molecule has 1 aromatic carbocycles. The molecular formula is C21H26N4O4. The van der Waals surface area contributed by atoms with Crippen molar-refractivity contribution in [2.24, 2.45) is 5.10 Å². The molecule has 1 aliphatic heterocycles. The normalized spacial score (nSPS) is 16.2. The zero-order valence-electron chi connectivity index (χ0n) is 16.9. The number of nitrogens with one attached hydrogen (secondary N) is 2. The lowest BCUT2D eigenvalue weighted by Gasteiger charge is -2.10. The fraction of sp³-hybridized carbons (Fsp3) is 0.381. The van der Waals surface area contributed by atoms with E-state index in [4.69, 9.17) is 9.47 Å². The number of aryl methyl sites for hydroxylation is 1. The molecule has 3 rings (SSSR count). The summed E-state index contributed by atoms with van der Waals surface area (Å²) in [7, 11) is 1.63. The van der Waals surface area contributed by atoms with Gasteiger partial charge in [-0.25, -0.2) is 5.43 Å². The van der Waals surface area contributed by atoms with Crippen LogP contribution in [0.2, 0.25) is 0 Å². The van der Waals surface area contributed by atoms with Gasteiger partial charge in [-0.15, -0.1) is 0 Å². The first-order chi connectivity index (χ1) is 14.0. The van der Waals surface area contributed by atoms with Gasteiger partial charge in [0, 0.05) is 35.8 Å². The van der Waals surface area contributed by atoms with E-state index in [9.17, 15) is 9.59 Å². The van der Waals surface area contributed by atoms with Crippen LogP contribution in [-0.4, -0.2) is 49.0 Å². The van der Waals surface area contributed by atoms with E-state index in [1.54, 1.807) is 7.11 Å². The molecule has 2 aromatic rings. The summed E-state index contributed by atoms with van der Waals surface area (Å²) in [6.07, 6.45) is 3.39. The Kier molecular flexibility index (Phi) is 6.66. The van der Waals surface area contributed by atoms with Crippen LogP contribution in [0.5, 0.6) is 5.75 Å². The van der Waals surface area contributed by atoms with E-state index in [1.807, 2.05) is 44.2 Å². The summed E-state index contributed by atoms with van der Waals surface area (Å²) >= 11 is 0. The van der Waals surface area contributed by atoms with Crippen LogP contribution in [0, 0.1) is 13.8 Å². The van der Waals surface area contributed by atoms with Gasteiger partial charge in [0.1, 0.15) is 5.75 Å². The lowest BCUT2D eigenvalue weighted by atomic mass is 10.2. The molecule has 1 aromatic heterocycles. The second kappa shape index (κ2) is 9.38. The van der Waals surface area contributed by atoms with Crippen LogP contribution in [-0.2, 0) is 14.3 Å². The number of rotatable bonds is 6. The molecule has 1 aliphatic rings. The van der Waals surface area contributed by atoms with Gasteiger partial charge >= 0.3 is 11.8 Å². The minimum atomic E-state index is -0.803. The van der Waals surface area contributed by atoms with E-state index in [1.165, 1.54) is 6.21 Å². The molecule has 1 atom stereocenters. The monoisotopic (exact) mass is 398 g/mol. The fourth-order valence-corrected chi connectivity index (χ4v) is 3.35. The molecule has 0 unspecified atom stereocenters. The molecule has 8 nitrogen and oxygen atoms in total. The zero-order valence-corrected chi connectivity index (χ0v) is 16.9. The Morgan fingerprint density at radius 3 is 2.69 bits per heavy atom. The highest BCUT2D eigenvalue weighted by Gasteiger charge is 2.19. The number of hydrazone groups is 1. The minimum Gasteiger partial charge on any atom is -0.497 e. The number of aromatic nitrogens is 1. The van der Waals surface area contributed by atoms with E-state index in [0.717, 1.165) is 41.2 Å². The average Bonchev–Trinajstić information content (AvgIpc) is 3.34. The molecule has 8 heteroatoms. The zero-order chi connectivity index (χ0) is 20.8. The quantitative estimate of drug-likeness (QED) is 0.441. The molecule has 2 heterocycles. The predicted molar refractivity (Wildman–Crippen MR) is 110 cm³/mol. The second-order valence-electron chi connectivity index (χ2n) is 6.90. The van der Waals surface area contributed by atoms with E-state index < -0.39 is 11.8 Å². The van der Waals surface area contributed by atoms with Gasteiger partial charge in [-0.05, 0) is 57.0 Å². The molecule has 2 amide bonds. The molecule has 0 spiro atoms. The lowest BCUT2D eigenvalue weighted by Crippen LogP contribution is -2.41. The molecule has 29 heavy (non-hydrogen) atoms. The second-order valence-corrected chi connectivity index (χ2v) is 6.90. The largest absolute Gasteiger partial charge is 0.497 e. The Balaban J connectivity index is 1.60. The standard InChI is InChI=1S/C21H26N4O4/c1-14-11-16(15(2)25(14)17-6-8-18(28-3)9-7-17)12-23-24-21(27)20(26)22-13-19-5-4-10-29-19/h6-9,11-12,19H,4-5,10,13H2,1-3H3,(H,22,26)(H,24,27)/b23-12-/t19-/m0/s1. The Morgan fingerprint density at radius 1 is 1.28 bits per heavy atom. The Bertz CT molecular complexity index is 896. The number of ether oxygens (including phenoxy) is 2. The maximum atomic E-state index is 11.9. The van der Waals surface area contributed by atoms with Crippen LogP contribution in [0.1, 0.15) is 29.8 Å². The third kappa shape index (κ3) is 5.03. The Labute approximate surface area is 169 Å². The van der Waals surface area contributed by atoms with Crippen molar-refractivity contribution < 1.29 is 19.1 Å². The summed E-state index contributed by atoms with van der Waals surface area (Å²) in [4.78, 5) is 23.7. The number of carbonyl (C=O) groups excluding carboxylic acids is 2. The van der Waals surface area contributed by atoms with Crippen molar-refractivity contribution in [3.63, 3.8) is 0 Å². The summed E-state index contributed by atoms with van der Waals surface area (Å²) in [5.41, 5.74) is 6.10. The van der Waals surface area contributed by atoms with E-state index in [-0.39, 0.29) is 6.10 Å². The molecule has 0 bridgehead atoms. The number of nitrogens with zero attached hydrogens (tertiary/aromatic N) is 2. The highest BCUT2D eigenvalue weighted by atomic mass is 16.5. The van der Waals surface area contributed by atoms with Gasteiger partial charge in [-0.2, -0.15) is 5.10 Å². The number of amides is 2. The number of methoxy groups -OCH3 is 1. The first-order valence-electron chi connectivity index (χ1n) is 9.56. The summed E-state index contributed by atoms with van der Waals surface area (Å²) < 4.78 is 12.7. The molecule has 0 saturated carbocycles. The van der Waals surface area contributed by atoms with Crippen molar-refractivity contribution >= 4 is 18.0 Å². The lowest BCUT2D eigenvalue weighted by molar-refractivity contribution is -0.139. The van der Waals surface area contributed by atoms with Crippen LogP contribution < -0.4 is 15.5 Å². The summed E-state index contributed by atoms with van der Waals surface area (Å²) in [6.45, 7) is 4.99. The van der Waals surface area contributed by atoms with E-state index in [2.05, 4.69) is 20.4 Å². The van der Waals surface area contributed by atoms with Gasteiger partial charge in [0.25, 0.3) is 0 Å². The van der Waals surface area contributed by atoms with Crippen molar-refractivity contribution in [3.05, 3.63) is 47.3 Å². The number of benzene rings is 1. The van der Waals surface area contributed by atoms with Crippen LogP contribution in [0.3, 0.4) is 0 Å². The van der Waals surface area contributed by atoms with Crippen molar-refractivity contribution in [1.82, 2.24) is 15.3 Å². The average molecular weight is 398 g/mol. The van der Waals surface area contributed by atoms with Crippen molar-refractivity contribution in [2.45, 2.75) is 32.8 Å². The summed E-state index contributed by atoms with van der Waals surface area (Å²) in [6, 6.07) is 9.71. The van der Waals surface area contributed by atoms with Crippen molar-refractivity contribution in [1.29, 1.82) is 0 Å². The number of carbonyl (C=O) groups is 2. The van der Waals surface area contributed by atoms with Crippen LogP contribution in [0.15, 0.2) is 35.4 Å². The van der Waals surface area contributed by atoms with Crippen molar-refractivity contribution in [2.75, 3.05) is 20.3 Å². The number of hydrogen-bond donors (Lipinski definition) is 2. The summed E-state index contributed by atoms with van der Waals surface area (Å²) in [5.74, 6) is -0.733. The smallest absolute Gasteiger partial charge is 0.329 e. The molecular weight excluding hydrogens is 372 g/mol. The molecule has 154 valence electrons. The maximum absolute atomic E-state index is 11.9. The predicted octanol–water partition coefficient (Wildman–Crippen LogP) is 1.85. The molecule has 0 radical (unpaired) electrons. The van der Waals surface area contributed by atoms with Gasteiger partial charge in [-0.3, -0.25) is 9.59 Å². The minimum absolute atomic E-state index is 0.0152. The van der Waals surface area contributed by atoms with E-state index in [0.29, 0.717) is 13.2 Å². The SMILES string of the molecule is COc1ccc(-n2c(C)cc(/C=N\NC(=O)C(=O)NC[C@@H]3CCCO3)c2C)cc1. The molecule has 2 N–H and O–H groups in total. The maximum Gasteiger partial charge on any atom is 0.329 e. The third-order valence-electron chi connectivity index (χ3n) is 4.89. The highest BCUT2D eigenvalue weighted by molar-refractivity contribution is 6.35. The first kappa shape index (κ1) is 20.6. The van der Waals surface area contributed by atoms with Gasteiger partial charge in [0.2, 0.25) is 0 Å². The fourth-order valence-electron chi connectivity index (χ4n) is 3.35. The van der Waals surface area contributed by atoms with Gasteiger partial charge in [0.05, 0.1) is 19.4 Å². The molecule has 1 saturated heterocycles. The first-order valence-corrected chi connectivity index (χ1v) is 9.56. The van der Waals surface area contributed by atoms with Gasteiger partial charge < -0.3 is 19.4 Å². The Hall–Kier alpha value is -3.13. The van der Waals surface area contributed by atoms with Crippen LogP contribution in [0.4, 0.5) is 0 Å².